The van der Waals surface area contributed by atoms with Gasteiger partial charge in [0.05, 0.1) is 11.9 Å². The SMILES string of the molecule is O=C([O-])c1ccc(COc2ccc(Br)cc2C(=O)[O-])cc1. The second kappa shape index (κ2) is 6.41. The van der Waals surface area contributed by atoms with Crippen molar-refractivity contribution in [2.45, 2.75) is 6.61 Å². The van der Waals surface area contributed by atoms with Crippen molar-refractivity contribution >= 4 is 27.9 Å². The molecule has 2 rings (SSSR count). The van der Waals surface area contributed by atoms with Crippen LogP contribution in [0.1, 0.15) is 26.3 Å². The summed E-state index contributed by atoms with van der Waals surface area (Å²) in [5.74, 6) is -2.41. The van der Waals surface area contributed by atoms with Crippen LogP contribution in [0.4, 0.5) is 0 Å². The minimum absolute atomic E-state index is 0.0595. The minimum atomic E-state index is -1.33. The topological polar surface area (TPSA) is 89.5 Å². The number of hydrogen-bond donors (Lipinski definition) is 0. The molecule has 0 fully saturated rings. The molecule has 0 unspecified atom stereocenters. The molecule has 0 heterocycles. The predicted octanol–water partition coefficient (Wildman–Crippen LogP) is 0.755. The molecule has 0 aliphatic rings. The highest BCUT2D eigenvalue weighted by Gasteiger charge is 2.06. The van der Waals surface area contributed by atoms with Crippen LogP contribution in [0.3, 0.4) is 0 Å². The van der Waals surface area contributed by atoms with Gasteiger partial charge in [-0.25, -0.2) is 0 Å². The number of rotatable bonds is 5. The summed E-state index contributed by atoms with van der Waals surface area (Å²) in [4.78, 5) is 21.6. The van der Waals surface area contributed by atoms with Crippen LogP contribution >= 0.6 is 15.9 Å². The van der Waals surface area contributed by atoms with Crippen molar-refractivity contribution in [3.63, 3.8) is 0 Å². The molecule has 0 amide bonds. The summed E-state index contributed by atoms with van der Waals surface area (Å²) in [6, 6.07) is 10.5. The summed E-state index contributed by atoms with van der Waals surface area (Å²) in [5, 5.41) is 21.6. The molecule has 0 spiro atoms. The first-order valence-corrected chi connectivity index (χ1v) is 6.70. The van der Waals surface area contributed by atoms with Crippen LogP contribution in [0.5, 0.6) is 5.75 Å². The molecule has 2 aromatic carbocycles. The van der Waals surface area contributed by atoms with Gasteiger partial charge in [-0.2, -0.15) is 0 Å². The lowest BCUT2D eigenvalue weighted by Gasteiger charge is -2.13. The summed E-state index contributed by atoms with van der Waals surface area (Å²) in [6.07, 6.45) is 0. The number of benzene rings is 2. The van der Waals surface area contributed by atoms with Gasteiger partial charge in [0.25, 0.3) is 0 Å². The number of carbonyl (C=O) groups excluding carboxylic acids is 2. The molecule has 0 aromatic heterocycles. The Labute approximate surface area is 128 Å². The highest BCUT2D eigenvalue weighted by atomic mass is 79.9. The quantitative estimate of drug-likeness (QED) is 0.795. The van der Waals surface area contributed by atoms with Crippen molar-refractivity contribution < 1.29 is 24.5 Å². The molecule has 0 saturated carbocycles. The average molecular weight is 349 g/mol. The summed E-state index contributed by atoms with van der Waals surface area (Å²) in [7, 11) is 0. The van der Waals surface area contributed by atoms with E-state index in [4.69, 9.17) is 4.74 Å². The van der Waals surface area contributed by atoms with Crippen molar-refractivity contribution in [1.29, 1.82) is 0 Å². The van der Waals surface area contributed by atoms with Gasteiger partial charge in [0.1, 0.15) is 12.4 Å². The van der Waals surface area contributed by atoms with Crippen molar-refractivity contribution in [3.8, 4) is 5.75 Å². The number of ether oxygens (including phenoxy) is 1. The summed E-state index contributed by atoms with van der Waals surface area (Å²) in [6.45, 7) is 0.106. The molecule has 0 radical (unpaired) electrons. The molecular weight excluding hydrogens is 340 g/mol. The van der Waals surface area contributed by atoms with Gasteiger partial charge in [-0.15, -0.1) is 0 Å². The van der Waals surface area contributed by atoms with Crippen LogP contribution in [0.15, 0.2) is 46.9 Å². The Hall–Kier alpha value is -2.34. The van der Waals surface area contributed by atoms with Crippen molar-refractivity contribution in [1.82, 2.24) is 0 Å². The molecule has 2 aromatic rings. The van der Waals surface area contributed by atoms with Crippen LogP contribution in [-0.4, -0.2) is 11.9 Å². The number of carboxylic acids is 2. The van der Waals surface area contributed by atoms with Crippen LogP contribution in [0, 0.1) is 0 Å². The van der Waals surface area contributed by atoms with Gasteiger partial charge in [0, 0.05) is 10.0 Å². The van der Waals surface area contributed by atoms with E-state index in [1.807, 2.05) is 0 Å². The normalized spacial score (nSPS) is 10.1. The van der Waals surface area contributed by atoms with E-state index in [0.717, 1.165) is 0 Å². The van der Waals surface area contributed by atoms with Crippen LogP contribution < -0.4 is 14.9 Å². The summed E-state index contributed by atoms with van der Waals surface area (Å²) < 4.78 is 6.04. The molecule has 5 nitrogen and oxygen atoms in total. The summed E-state index contributed by atoms with van der Waals surface area (Å²) in [5.41, 5.74) is 0.709. The third-order valence-electron chi connectivity index (χ3n) is 2.75. The molecule has 108 valence electrons. The maximum absolute atomic E-state index is 11.0. The van der Waals surface area contributed by atoms with E-state index in [1.165, 1.54) is 24.3 Å². The molecule has 6 heteroatoms. The fourth-order valence-corrected chi connectivity index (χ4v) is 2.05. The minimum Gasteiger partial charge on any atom is -0.545 e. The third kappa shape index (κ3) is 3.82. The van der Waals surface area contributed by atoms with E-state index in [0.29, 0.717) is 10.0 Å². The summed E-state index contributed by atoms with van der Waals surface area (Å²) >= 11 is 3.17. The average Bonchev–Trinajstić information content (AvgIpc) is 2.46. The Morgan fingerprint density at radius 3 is 2.24 bits per heavy atom. The van der Waals surface area contributed by atoms with Crippen LogP contribution in [-0.2, 0) is 6.61 Å². The number of aromatic carboxylic acids is 2. The molecule has 0 atom stereocenters. The van der Waals surface area contributed by atoms with E-state index >= 15 is 0 Å². The standard InChI is InChI=1S/C15H11BrO5/c16-11-5-6-13(12(7-11)15(19)20)21-8-9-1-3-10(4-2-9)14(17)18/h1-7H,8H2,(H,17,18)(H,19,20)/p-2. The first-order chi connectivity index (χ1) is 9.97. The van der Waals surface area contributed by atoms with Gasteiger partial charge in [-0.1, -0.05) is 40.2 Å². The Morgan fingerprint density at radius 2 is 1.67 bits per heavy atom. The third-order valence-corrected chi connectivity index (χ3v) is 3.24. The maximum atomic E-state index is 11.0. The smallest absolute Gasteiger partial charge is 0.128 e. The molecule has 0 saturated heterocycles. The van der Waals surface area contributed by atoms with Crippen molar-refractivity contribution in [3.05, 3.63) is 63.6 Å². The lowest BCUT2D eigenvalue weighted by Crippen LogP contribution is -2.23. The van der Waals surface area contributed by atoms with Gasteiger partial charge in [0.2, 0.25) is 0 Å². The van der Waals surface area contributed by atoms with Gasteiger partial charge in [0.15, 0.2) is 0 Å². The number of carbonyl (C=O) groups is 2. The number of carboxylic acid groups (broad SMARTS) is 2. The first kappa shape index (κ1) is 15.1. The fraction of sp³-hybridized carbons (Fsp3) is 0.0667. The monoisotopic (exact) mass is 348 g/mol. The molecule has 0 N–H and O–H groups in total. The molecule has 0 aliphatic heterocycles. The van der Waals surface area contributed by atoms with Gasteiger partial charge >= 0.3 is 0 Å². The second-order valence-corrected chi connectivity index (χ2v) is 5.12. The zero-order valence-corrected chi connectivity index (χ0v) is 12.3. The maximum Gasteiger partial charge on any atom is 0.128 e. The second-order valence-electron chi connectivity index (χ2n) is 4.20. The van der Waals surface area contributed by atoms with Crippen molar-refractivity contribution in [2.75, 3.05) is 0 Å². The van der Waals surface area contributed by atoms with E-state index in [-0.39, 0.29) is 23.5 Å². The number of halogens is 1. The Morgan fingerprint density at radius 1 is 1.00 bits per heavy atom. The zero-order valence-electron chi connectivity index (χ0n) is 10.7. The van der Waals surface area contributed by atoms with Crippen molar-refractivity contribution in [2.24, 2.45) is 0 Å². The van der Waals surface area contributed by atoms with Crippen LogP contribution in [0.25, 0.3) is 0 Å². The highest BCUT2D eigenvalue weighted by Crippen LogP contribution is 2.23. The van der Waals surface area contributed by atoms with E-state index in [9.17, 15) is 19.8 Å². The Balaban J connectivity index is 2.13. The van der Waals surface area contributed by atoms with E-state index in [1.54, 1.807) is 18.2 Å². The lowest BCUT2D eigenvalue weighted by molar-refractivity contribution is -0.256. The van der Waals surface area contributed by atoms with Gasteiger partial charge in [-0.3, -0.25) is 0 Å². The Bertz CT molecular complexity index is 679. The largest absolute Gasteiger partial charge is 0.545 e. The van der Waals surface area contributed by atoms with Gasteiger partial charge in [-0.05, 0) is 29.3 Å². The molecular formula is C15H9BrO5-2. The first-order valence-electron chi connectivity index (χ1n) is 5.91. The zero-order chi connectivity index (χ0) is 15.4. The van der Waals surface area contributed by atoms with Crippen LogP contribution in [0.2, 0.25) is 0 Å². The van der Waals surface area contributed by atoms with E-state index < -0.39 is 11.9 Å². The molecule has 0 aliphatic carbocycles. The Kier molecular flexibility index (Phi) is 4.59. The number of hydrogen-bond acceptors (Lipinski definition) is 5. The predicted molar refractivity (Wildman–Crippen MR) is 73.6 cm³/mol. The molecule has 21 heavy (non-hydrogen) atoms. The van der Waals surface area contributed by atoms with E-state index in [2.05, 4.69) is 15.9 Å². The lowest BCUT2D eigenvalue weighted by atomic mass is 10.1. The molecule has 0 bridgehead atoms. The van der Waals surface area contributed by atoms with Gasteiger partial charge < -0.3 is 24.5 Å². The highest BCUT2D eigenvalue weighted by molar-refractivity contribution is 9.10. The fourth-order valence-electron chi connectivity index (χ4n) is 1.69.